The number of hydrogen-bond donors (Lipinski definition) is 1. The Morgan fingerprint density at radius 1 is 1.47 bits per heavy atom. The van der Waals surface area contributed by atoms with Crippen LogP contribution in [0.4, 0.5) is 5.69 Å². The fraction of sp³-hybridized carbons (Fsp3) is 0.538. The zero-order chi connectivity index (χ0) is 13.9. The number of sulfone groups is 1. The van der Waals surface area contributed by atoms with E-state index >= 15 is 0 Å². The minimum absolute atomic E-state index is 0.0605. The Kier molecular flexibility index (Phi) is 4.31. The first-order valence-corrected chi connectivity index (χ1v) is 8.07. The van der Waals surface area contributed by atoms with Crippen molar-refractivity contribution in [2.75, 3.05) is 25.2 Å². The summed E-state index contributed by atoms with van der Waals surface area (Å²) in [4.78, 5) is 0. The molecule has 0 aromatic heterocycles. The van der Waals surface area contributed by atoms with Crippen molar-refractivity contribution in [2.24, 2.45) is 0 Å². The maximum Gasteiger partial charge on any atom is 0.157 e. The molecule has 1 aliphatic heterocycles. The van der Waals surface area contributed by atoms with E-state index in [0.717, 1.165) is 12.8 Å². The number of rotatable bonds is 5. The van der Waals surface area contributed by atoms with E-state index in [-0.39, 0.29) is 17.6 Å². The van der Waals surface area contributed by atoms with Crippen molar-refractivity contribution in [2.45, 2.75) is 24.7 Å². The van der Waals surface area contributed by atoms with Gasteiger partial charge < -0.3 is 15.2 Å². The van der Waals surface area contributed by atoms with E-state index in [0.29, 0.717) is 23.6 Å². The second-order valence-corrected chi connectivity index (χ2v) is 6.87. The monoisotopic (exact) mass is 285 g/mol. The van der Waals surface area contributed by atoms with Crippen LogP contribution in [0.25, 0.3) is 0 Å². The number of methoxy groups -OCH3 is 1. The lowest BCUT2D eigenvalue weighted by Crippen LogP contribution is -2.21. The van der Waals surface area contributed by atoms with E-state index in [2.05, 4.69) is 0 Å². The number of nitrogens with two attached hydrogens (primary N) is 1. The van der Waals surface area contributed by atoms with Crippen LogP contribution in [0.1, 0.15) is 18.4 Å². The highest BCUT2D eigenvalue weighted by Crippen LogP contribution is 2.24. The first kappa shape index (κ1) is 14.1. The normalized spacial score (nSPS) is 19.5. The molecule has 1 atom stereocenters. The van der Waals surface area contributed by atoms with Crippen LogP contribution in [0, 0.1) is 0 Å². The maximum absolute atomic E-state index is 12.2. The Balaban J connectivity index is 2.12. The summed E-state index contributed by atoms with van der Waals surface area (Å²) in [5.74, 6) is 0.538. The molecule has 0 bridgehead atoms. The highest BCUT2D eigenvalue weighted by molar-refractivity contribution is 7.90. The van der Waals surface area contributed by atoms with Gasteiger partial charge in [0.05, 0.1) is 24.7 Å². The lowest BCUT2D eigenvalue weighted by Gasteiger charge is -2.12. The Hall–Kier alpha value is -1.27. The highest BCUT2D eigenvalue weighted by atomic mass is 32.2. The fourth-order valence-electron chi connectivity index (χ4n) is 2.27. The molecule has 0 amide bonds. The van der Waals surface area contributed by atoms with Gasteiger partial charge in [-0.3, -0.25) is 0 Å². The molecule has 1 unspecified atom stereocenters. The summed E-state index contributed by atoms with van der Waals surface area (Å²) in [6, 6.07) is 5.02. The van der Waals surface area contributed by atoms with Crippen LogP contribution in [-0.2, 0) is 20.3 Å². The van der Waals surface area contributed by atoms with E-state index < -0.39 is 9.84 Å². The van der Waals surface area contributed by atoms with Gasteiger partial charge in [-0.1, -0.05) is 0 Å². The van der Waals surface area contributed by atoms with E-state index in [9.17, 15) is 8.42 Å². The van der Waals surface area contributed by atoms with Gasteiger partial charge in [0.1, 0.15) is 5.75 Å². The molecule has 1 saturated heterocycles. The van der Waals surface area contributed by atoms with Gasteiger partial charge in [0.25, 0.3) is 0 Å². The van der Waals surface area contributed by atoms with Crippen LogP contribution in [0.3, 0.4) is 0 Å². The summed E-state index contributed by atoms with van der Waals surface area (Å²) >= 11 is 0. The van der Waals surface area contributed by atoms with Gasteiger partial charge in [0.15, 0.2) is 9.84 Å². The number of benzene rings is 1. The Morgan fingerprint density at radius 2 is 2.26 bits per heavy atom. The second-order valence-electron chi connectivity index (χ2n) is 4.76. The lowest BCUT2D eigenvalue weighted by molar-refractivity contribution is 0.127. The SMILES string of the molecule is COc1ccc(N)cc1CS(=O)(=O)CC1CCCO1. The number of hydrogen-bond acceptors (Lipinski definition) is 5. The molecule has 0 aliphatic carbocycles. The van der Waals surface area contributed by atoms with Crippen molar-refractivity contribution in [3.63, 3.8) is 0 Å². The molecule has 5 nitrogen and oxygen atoms in total. The second kappa shape index (κ2) is 5.79. The van der Waals surface area contributed by atoms with Gasteiger partial charge in [-0.15, -0.1) is 0 Å². The van der Waals surface area contributed by atoms with Gasteiger partial charge in [-0.25, -0.2) is 8.42 Å². The zero-order valence-electron chi connectivity index (χ0n) is 11.0. The molecule has 0 radical (unpaired) electrons. The first-order valence-electron chi connectivity index (χ1n) is 6.24. The Labute approximate surface area is 113 Å². The minimum atomic E-state index is -3.23. The van der Waals surface area contributed by atoms with E-state index in [1.807, 2.05) is 0 Å². The summed E-state index contributed by atoms with van der Waals surface area (Å²) in [7, 11) is -1.71. The number of anilines is 1. The molecule has 19 heavy (non-hydrogen) atoms. The summed E-state index contributed by atoms with van der Waals surface area (Å²) in [5.41, 5.74) is 6.82. The van der Waals surface area contributed by atoms with Crippen LogP contribution >= 0.6 is 0 Å². The molecule has 0 spiro atoms. The van der Waals surface area contributed by atoms with Crippen LogP contribution in [0.5, 0.6) is 5.75 Å². The maximum atomic E-state index is 12.2. The molecule has 1 aliphatic rings. The van der Waals surface area contributed by atoms with Crippen molar-refractivity contribution < 1.29 is 17.9 Å². The summed E-state index contributed by atoms with van der Waals surface area (Å²) in [6.07, 6.45) is 1.58. The predicted molar refractivity (Wildman–Crippen MR) is 73.9 cm³/mol. The molecule has 1 fully saturated rings. The number of ether oxygens (including phenoxy) is 2. The summed E-state index contributed by atoms with van der Waals surface area (Å²) in [6.45, 7) is 0.655. The lowest BCUT2D eigenvalue weighted by atomic mass is 10.2. The predicted octanol–water partition coefficient (Wildman–Crippen LogP) is 1.37. The smallest absolute Gasteiger partial charge is 0.157 e. The zero-order valence-corrected chi connectivity index (χ0v) is 11.8. The van der Waals surface area contributed by atoms with Crippen molar-refractivity contribution in [3.8, 4) is 5.75 Å². The molecular weight excluding hydrogens is 266 g/mol. The molecule has 0 saturated carbocycles. The molecule has 6 heteroatoms. The van der Waals surface area contributed by atoms with Crippen LogP contribution in [0.2, 0.25) is 0 Å². The van der Waals surface area contributed by atoms with Crippen LogP contribution < -0.4 is 10.5 Å². The standard InChI is InChI=1S/C13H19NO4S/c1-17-13-5-4-11(14)7-10(13)8-19(15,16)9-12-3-2-6-18-12/h4-5,7,12H,2-3,6,8-9,14H2,1H3. The van der Waals surface area contributed by atoms with Gasteiger partial charge in [0.2, 0.25) is 0 Å². The largest absolute Gasteiger partial charge is 0.496 e. The van der Waals surface area contributed by atoms with Gasteiger partial charge >= 0.3 is 0 Å². The average molecular weight is 285 g/mol. The molecule has 2 N–H and O–H groups in total. The van der Waals surface area contributed by atoms with Crippen LogP contribution in [-0.4, -0.2) is 34.0 Å². The summed E-state index contributed by atoms with van der Waals surface area (Å²) in [5, 5.41) is 0. The average Bonchev–Trinajstić information content (AvgIpc) is 2.80. The molecule has 1 aromatic carbocycles. The molecule has 1 heterocycles. The van der Waals surface area contributed by atoms with E-state index in [1.165, 1.54) is 7.11 Å². The minimum Gasteiger partial charge on any atom is -0.496 e. The fourth-order valence-corrected chi connectivity index (χ4v) is 3.91. The third kappa shape index (κ3) is 3.84. The first-order chi connectivity index (χ1) is 9.00. The van der Waals surface area contributed by atoms with Crippen LogP contribution in [0.15, 0.2) is 18.2 Å². The van der Waals surface area contributed by atoms with Gasteiger partial charge in [-0.05, 0) is 31.0 Å². The van der Waals surface area contributed by atoms with Gasteiger partial charge in [-0.2, -0.15) is 0 Å². The molecule has 1 aromatic rings. The Morgan fingerprint density at radius 3 is 2.89 bits per heavy atom. The third-order valence-electron chi connectivity index (χ3n) is 3.14. The highest BCUT2D eigenvalue weighted by Gasteiger charge is 2.24. The van der Waals surface area contributed by atoms with Crippen molar-refractivity contribution >= 4 is 15.5 Å². The van der Waals surface area contributed by atoms with Crippen molar-refractivity contribution in [3.05, 3.63) is 23.8 Å². The molecule has 106 valence electrons. The van der Waals surface area contributed by atoms with E-state index in [1.54, 1.807) is 18.2 Å². The molecular formula is C13H19NO4S. The quantitative estimate of drug-likeness (QED) is 0.827. The number of nitrogen functional groups attached to an aromatic ring is 1. The van der Waals surface area contributed by atoms with Gasteiger partial charge in [0, 0.05) is 17.9 Å². The van der Waals surface area contributed by atoms with E-state index in [4.69, 9.17) is 15.2 Å². The molecule has 2 rings (SSSR count). The Bertz CT molecular complexity index is 536. The topological polar surface area (TPSA) is 78.6 Å². The summed E-state index contributed by atoms with van der Waals surface area (Å²) < 4.78 is 34.9. The van der Waals surface area contributed by atoms with Crippen molar-refractivity contribution in [1.29, 1.82) is 0 Å². The third-order valence-corrected chi connectivity index (χ3v) is 4.77. The van der Waals surface area contributed by atoms with Crippen molar-refractivity contribution in [1.82, 2.24) is 0 Å².